The molecular weight excluding hydrogens is 380 g/mol. The highest BCUT2D eigenvalue weighted by Crippen LogP contribution is 2.34. The van der Waals surface area contributed by atoms with Crippen molar-refractivity contribution in [3.8, 4) is 11.5 Å². The fourth-order valence-corrected chi connectivity index (χ4v) is 4.22. The Hall–Kier alpha value is -2.74. The Balaban J connectivity index is 1.97. The number of methoxy groups -OCH3 is 2. The lowest BCUT2D eigenvalue weighted by atomic mass is 10.0. The van der Waals surface area contributed by atoms with Crippen LogP contribution in [0, 0.1) is 0 Å². The molecule has 0 aromatic heterocycles. The first-order chi connectivity index (χ1) is 13.3. The molecule has 0 N–H and O–H groups in total. The number of para-hydroxylation sites is 1. The lowest BCUT2D eigenvalue weighted by Gasteiger charge is -2.32. The van der Waals surface area contributed by atoms with Crippen LogP contribution in [0.1, 0.15) is 12.0 Å². The molecule has 0 spiro atoms. The number of rotatable bonds is 6. The van der Waals surface area contributed by atoms with Gasteiger partial charge in [-0.1, -0.05) is 18.2 Å². The number of anilines is 2. The minimum atomic E-state index is -3.74. The van der Waals surface area contributed by atoms with E-state index in [4.69, 9.17) is 9.47 Å². The van der Waals surface area contributed by atoms with Crippen molar-refractivity contribution in [2.24, 2.45) is 0 Å². The molecule has 3 rings (SSSR count). The number of carbonyl (C=O) groups is 1. The molecule has 2 aromatic rings. The Bertz CT molecular complexity index is 974. The minimum Gasteiger partial charge on any atom is -0.497 e. The van der Waals surface area contributed by atoms with Crippen LogP contribution in [0.5, 0.6) is 11.5 Å². The summed E-state index contributed by atoms with van der Waals surface area (Å²) in [6.45, 7) is 0.236. The quantitative estimate of drug-likeness (QED) is 0.739. The van der Waals surface area contributed by atoms with Crippen molar-refractivity contribution >= 4 is 27.3 Å². The third-order valence-corrected chi connectivity index (χ3v) is 5.87. The standard InChI is InChI=1S/C20H24N2O5S/c1-26-16-10-11-19(27-2)18(13-16)22(28(3,24)25)14-20(23)21-12-6-8-15-7-4-5-9-17(15)21/h4-5,7,9-11,13H,6,8,12,14H2,1-3H3. The van der Waals surface area contributed by atoms with Gasteiger partial charge in [0, 0.05) is 18.3 Å². The van der Waals surface area contributed by atoms with Crippen molar-refractivity contribution in [3.05, 3.63) is 48.0 Å². The van der Waals surface area contributed by atoms with Crippen LogP contribution in [0.4, 0.5) is 11.4 Å². The van der Waals surface area contributed by atoms with Crippen LogP contribution < -0.4 is 18.7 Å². The number of fused-ring (bicyclic) bond motifs is 1. The molecule has 8 heteroatoms. The maximum Gasteiger partial charge on any atom is 0.247 e. The van der Waals surface area contributed by atoms with Gasteiger partial charge in [0.15, 0.2) is 0 Å². The fraction of sp³-hybridized carbons (Fsp3) is 0.350. The molecule has 1 amide bonds. The average molecular weight is 404 g/mol. The molecule has 1 heterocycles. The summed E-state index contributed by atoms with van der Waals surface area (Å²) in [5.74, 6) is 0.528. The van der Waals surface area contributed by atoms with E-state index in [0.29, 0.717) is 18.0 Å². The maximum absolute atomic E-state index is 13.1. The van der Waals surface area contributed by atoms with Gasteiger partial charge >= 0.3 is 0 Å². The number of hydrogen-bond acceptors (Lipinski definition) is 5. The van der Waals surface area contributed by atoms with Gasteiger partial charge < -0.3 is 14.4 Å². The highest BCUT2D eigenvalue weighted by molar-refractivity contribution is 7.92. The van der Waals surface area contributed by atoms with Gasteiger partial charge in [-0.2, -0.15) is 0 Å². The second-order valence-electron chi connectivity index (χ2n) is 6.59. The molecule has 2 aromatic carbocycles. The van der Waals surface area contributed by atoms with Gasteiger partial charge in [-0.15, -0.1) is 0 Å². The normalized spacial score (nSPS) is 13.6. The zero-order chi connectivity index (χ0) is 20.3. The third kappa shape index (κ3) is 4.06. The Morgan fingerprint density at radius 3 is 2.57 bits per heavy atom. The van der Waals surface area contributed by atoms with Crippen molar-refractivity contribution in [3.63, 3.8) is 0 Å². The van der Waals surface area contributed by atoms with E-state index in [2.05, 4.69) is 0 Å². The molecule has 0 radical (unpaired) electrons. The first kappa shape index (κ1) is 20.0. The number of aryl methyl sites for hydroxylation is 1. The van der Waals surface area contributed by atoms with Gasteiger partial charge in [-0.25, -0.2) is 8.42 Å². The van der Waals surface area contributed by atoms with Crippen molar-refractivity contribution in [1.82, 2.24) is 0 Å². The molecular formula is C20H24N2O5S. The second kappa shape index (κ2) is 8.10. The summed E-state index contributed by atoms with van der Waals surface area (Å²) in [7, 11) is -0.791. The zero-order valence-corrected chi connectivity index (χ0v) is 17.0. The van der Waals surface area contributed by atoms with Crippen LogP contribution in [-0.4, -0.2) is 47.9 Å². The van der Waals surface area contributed by atoms with Gasteiger partial charge in [0.05, 0.1) is 26.2 Å². The fourth-order valence-electron chi connectivity index (χ4n) is 3.37. The van der Waals surface area contributed by atoms with Crippen LogP contribution in [0.3, 0.4) is 0 Å². The number of hydrogen-bond donors (Lipinski definition) is 0. The van der Waals surface area contributed by atoms with E-state index < -0.39 is 10.0 Å². The summed E-state index contributed by atoms with van der Waals surface area (Å²) < 4.78 is 36.6. The average Bonchev–Trinajstić information content (AvgIpc) is 2.70. The van der Waals surface area contributed by atoms with Gasteiger partial charge in [-0.3, -0.25) is 9.10 Å². The number of carbonyl (C=O) groups excluding carboxylic acids is 1. The molecule has 150 valence electrons. The number of nitrogens with zero attached hydrogens (tertiary/aromatic N) is 2. The van der Waals surface area contributed by atoms with Crippen molar-refractivity contribution in [2.45, 2.75) is 12.8 Å². The van der Waals surface area contributed by atoms with E-state index in [1.807, 2.05) is 24.3 Å². The van der Waals surface area contributed by atoms with Gasteiger partial charge in [-0.05, 0) is 36.6 Å². The Labute approximate surface area is 165 Å². The van der Waals surface area contributed by atoms with E-state index in [9.17, 15) is 13.2 Å². The lowest BCUT2D eigenvalue weighted by molar-refractivity contribution is -0.117. The highest BCUT2D eigenvalue weighted by Gasteiger charge is 2.29. The highest BCUT2D eigenvalue weighted by atomic mass is 32.2. The van der Waals surface area contributed by atoms with E-state index in [1.54, 1.807) is 23.1 Å². The van der Waals surface area contributed by atoms with Crippen LogP contribution in [0.2, 0.25) is 0 Å². The first-order valence-electron chi connectivity index (χ1n) is 8.93. The van der Waals surface area contributed by atoms with Gasteiger partial charge in [0.2, 0.25) is 15.9 Å². The summed E-state index contributed by atoms with van der Waals surface area (Å²) in [6, 6.07) is 12.5. The molecule has 0 bridgehead atoms. The van der Waals surface area contributed by atoms with E-state index in [0.717, 1.165) is 34.7 Å². The first-order valence-corrected chi connectivity index (χ1v) is 10.8. The van der Waals surface area contributed by atoms with Crippen LogP contribution in [-0.2, 0) is 21.2 Å². The van der Waals surface area contributed by atoms with Crippen LogP contribution in [0.15, 0.2) is 42.5 Å². The summed E-state index contributed by atoms with van der Waals surface area (Å²) in [4.78, 5) is 14.7. The minimum absolute atomic E-state index is 0.267. The summed E-state index contributed by atoms with van der Waals surface area (Å²) in [6.07, 6.45) is 2.81. The molecule has 0 fully saturated rings. The predicted molar refractivity (Wildman–Crippen MR) is 109 cm³/mol. The van der Waals surface area contributed by atoms with Crippen molar-refractivity contribution in [2.75, 3.05) is 42.8 Å². The largest absolute Gasteiger partial charge is 0.497 e. The predicted octanol–water partition coefficient (Wildman–Crippen LogP) is 2.45. The number of ether oxygens (including phenoxy) is 2. The summed E-state index contributed by atoms with van der Waals surface area (Å²) in [5, 5.41) is 0. The van der Waals surface area contributed by atoms with Crippen LogP contribution in [0.25, 0.3) is 0 Å². The Morgan fingerprint density at radius 1 is 1.14 bits per heavy atom. The van der Waals surface area contributed by atoms with E-state index >= 15 is 0 Å². The smallest absolute Gasteiger partial charge is 0.247 e. The van der Waals surface area contributed by atoms with E-state index in [-0.39, 0.29) is 18.1 Å². The Morgan fingerprint density at radius 2 is 1.89 bits per heavy atom. The molecule has 0 saturated carbocycles. The van der Waals surface area contributed by atoms with Crippen LogP contribution >= 0.6 is 0 Å². The molecule has 0 saturated heterocycles. The van der Waals surface area contributed by atoms with Gasteiger partial charge in [0.1, 0.15) is 18.0 Å². The van der Waals surface area contributed by atoms with Crippen molar-refractivity contribution < 1.29 is 22.7 Å². The van der Waals surface area contributed by atoms with Gasteiger partial charge in [0.25, 0.3) is 0 Å². The lowest BCUT2D eigenvalue weighted by Crippen LogP contribution is -2.44. The number of amides is 1. The second-order valence-corrected chi connectivity index (χ2v) is 8.49. The molecule has 1 aliphatic rings. The number of sulfonamides is 1. The maximum atomic E-state index is 13.1. The molecule has 0 aliphatic carbocycles. The molecule has 28 heavy (non-hydrogen) atoms. The molecule has 1 aliphatic heterocycles. The molecule has 0 unspecified atom stereocenters. The monoisotopic (exact) mass is 404 g/mol. The summed E-state index contributed by atoms with van der Waals surface area (Å²) in [5.41, 5.74) is 2.19. The zero-order valence-electron chi connectivity index (χ0n) is 16.2. The van der Waals surface area contributed by atoms with E-state index in [1.165, 1.54) is 14.2 Å². The SMILES string of the molecule is COc1ccc(OC)c(N(CC(=O)N2CCCc3ccccc32)S(C)(=O)=O)c1. The number of benzene rings is 2. The Kier molecular flexibility index (Phi) is 5.79. The topological polar surface area (TPSA) is 76.2 Å². The summed E-state index contributed by atoms with van der Waals surface area (Å²) >= 11 is 0. The molecule has 0 atom stereocenters. The van der Waals surface area contributed by atoms with Crippen molar-refractivity contribution in [1.29, 1.82) is 0 Å². The third-order valence-electron chi connectivity index (χ3n) is 4.75. The molecule has 7 nitrogen and oxygen atoms in total.